The van der Waals surface area contributed by atoms with E-state index >= 15 is 0 Å². The van der Waals surface area contributed by atoms with E-state index in [1.54, 1.807) is 0 Å². The Balaban J connectivity index is 1.78. The first-order valence-electron chi connectivity index (χ1n) is 7.65. The van der Waals surface area contributed by atoms with Crippen LogP contribution in [0.1, 0.15) is 29.9 Å². The maximum Gasteiger partial charge on any atom is 0.0328 e. The maximum atomic E-state index is 3.46. The van der Waals surface area contributed by atoms with Gasteiger partial charge in [-0.3, -0.25) is 4.90 Å². The summed E-state index contributed by atoms with van der Waals surface area (Å²) in [7, 11) is 2.18. The molecule has 0 atom stereocenters. The van der Waals surface area contributed by atoms with E-state index in [-0.39, 0.29) is 0 Å². The van der Waals surface area contributed by atoms with Crippen molar-refractivity contribution >= 4 is 11.3 Å². The van der Waals surface area contributed by atoms with E-state index in [1.807, 2.05) is 11.3 Å². The number of nitrogens with zero attached hydrogens (tertiary/aromatic N) is 1. The van der Waals surface area contributed by atoms with Gasteiger partial charge >= 0.3 is 0 Å². The molecule has 1 heterocycles. The van der Waals surface area contributed by atoms with Gasteiger partial charge in [0.1, 0.15) is 0 Å². The number of hydrogen-bond donors (Lipinski definition) is 1. The molecular formula is C18H26N2S. The van der Waals surface area contributed by atoms with Crippen LogP contribution in [0, 0.1) is 0 Å². The number of rotatable bonds is 8. The van der Waals surface area contributed by atoms with Gasteiger partial charge in [-0.1, -0.05) is 44.2 Å². The van der Waals surface area contributed by atoms with Crippen LogP contribution in [-0.4, -0.2) is 24.5 Å². The predicted octanol–water partition coefficient (Wildman–Crippen LogP) is 3.92. The second kappa shape index (κ2) is 8.32. The Morgan fingerprint density at radius 1 is 1.05 bits per heavy atom. The Morgan fingerprint density at radius 3 is 2.38 bits per heavy atom. The summed E-state index contributed by atoms with van der Waals surface area (Å²) in [6.45, 7) is 7.45. The van der Waals surface area contributed by atoms with Gasteiger partial charge in [-0.15, -0.1) is 11.3 Å². The molecule has 0 bridgehead atoms. The molecule has 0 aliphatic heterocycles. The minimum Gasteiger partial charge on any atom is -0.314 e. The van der Waals surface area contributed by atoms with Crippen molar-refractivity contribution in [2.45, 2.75) is 39.4 Å². The number of benzene rings is 1. The van der Waals surface area contributed by atoms with E-state index in [0.717, 1.165) is 26.1 Å². The molecule has 2 aromatic rings. The summed E-state index contributed by atoms with van der Waals surface area (Å²) in [6.07, 6.45) is 1.10. The average molecular weight is 302 g/mol. The van der Waals surface area contributed by atoms with Crippen LogP contribution in [0.25, 0.3) is 0 Å². The third-order valence-corrected chi connectivity index (χ3v) is 4.31. The first kappa shape index (κ1) is 16.2. The fourth-order valence-corrected chi connectivity index (χ4v) is 3.14. The standard InChI is InChI=1S/C18H26N2S/c1-15(2)19-11-10-16-6-8-17(9-7-16)13-20(3)14-18-5-4-12-21-18/h4-9,12,15,19H,10-11,13-14H2,1-3H3. The molecule has 1 aromatic heterocycles. The van der Waals surface area contributed by atoms with Crippen molar-refractivity contribution in [2.75, 3.05) is 13.6 Å². The van der Waals surface area contributed by atoms with E-state index in [4.69, 9.17) is 0 Å². The van der Waals surface area contributed by atoms with Gasteiger partial charge in [0.15, 0.2) is 0 Å². The summed E-state index contributed by atoms with van der Waals surface area (Å²) >= 11 is 1.83. The first-order chi connectivity index (χ1) is 10.1. The Kier molecular flexibility index (Phi) is 6.43. The normalized spacial score (nSPS) is 11.5. The van der Waals surface area contributed by atoms with Gasteiger partial charge in [-0.2, -0.15) is 0 Å². The molecule has 2 rings (SSSR count). The van der Waals surface area contributed by atoms with Crippen molar-refractivity contribution in [1.29, 1.82) is 0 Å². The molecule has 0 aliphatic carbocycles. The smallest absolute Gasteiger partial charge is 0.0328 e. The maximum absolute atomic E-state index is 3.46. The first-order valence-corrected chi connectivity index (χ1v) is 8.53. The molecule has 0 saturated carbocycles. The molecule has 21 heavy (non-hydrogen) atoms. The lowest BCUT2D eigenvalue weighted by molar-refractivity contribution is 0.322. The molecule has 0 radical (unpaired) electrons. The Hall–Kier alpha value is -1.16. The van der Waals surface area contributed by atoms with Crippen LogP contribution in [0.3, 0.4) is 0 Å². The van der Waals surface area contributed by atoms with Crippen LogP contribution in [0.5, 0.6) is 0 Å². The van der Waals surface area contributed by atoms with Crippen molar-refractivity contribution in [3.63, 3.8) is 0 Å². The van der Waals surface area contributed by atoms with Gasteiger partial charge in [0.25, 0.3) is 0 Å². The van der Waals surface area contributed by atoms with Crippen molar-refractivity contribution in [3.05, 3.63) is 57.8 Å². The van der Waals surface area contributed by atoms with Crippen molar-refractivity contribution in [2.24, 2.45) is 0 Å². The van der Waals surface area contributed by atoms with Gasteiger partial charge in [0.05, 0.1) is 0 Å². The van der Waals surface area contributed by atoms with Gasteiger partial charge in [0.2, 0.25) is 0 Å². The van der Waals surface area contributed by atoms with Crippen molar-refractivity contribution in [3.8, 4) is 0 Å². The highest BCUT2D eigenvalue weighted by Gasteiger charge is 2.03. The second-order valence-corrected chi connectivity index (χ2v) is 6.96. The highest BCUT2D eigenvalue weighted by molar-refractivity contribution is 7.09. The summed E-state index contributed by atoms with van der Waals surface area (Å²) in [4.78, 5) is 3.79. The third-order valence-electron chi connectivity index (χ3n) is 3.45. The van der Waals surface area contributed by atoms with E-state index < -0.39 is 0 Å². The molecule has 0 saturated heterocycles. The molecule has 0 aliphatic rings. The quantitative estimate of drug-likeness (QED) is 0.795. The molecule has 2 nitrogen and oxygen atoms in total. The summed E-state index contributed by atoms with van der Waals surface area (Å²) < 4.78 is 0. The second-order valence-electron chi connectivity index (χ2n) is 5.93. The number of hydrogen-bond acceptors (Lipinski definition) is 3. The fraction of sp³-hybridized carbons (Fsp3) is 0.444. The van der Waals surface area contributed by atoms with Crippen LogP contribution in [0.4, 0.5) is 0 Å². The summed E-state index contributed by atoms with van der Waals surface area (Å²) in [5, 5.41) is 5.60. The van der Waals surface area contributed by atoms with Crippen LogP contribution in [0.15, 0.2) is 41.8 Å². The lowest BCUT2D eigenvalue weighted by atomic mass is 10.1. The molecule has 0 fully saturated rings. The minimum absolute atomic E-state index is 0.565. The molecule has 0 spiro atoms. The Bertz CT molecular complexity index is 503. The Morgan fingerprint density at radius 2 is 1.76 bits per heavy atom. The van der Waals surface area contributed by atoms with Gasteiger partial charge in [0, 0.05) is 24.0 Å². The lowest BCUT2D eigenvalue weighted by Crippen LogP contribution is -2.24. The molecule has 114 valence electrons. The van der Waals surface area contributed by atoms with Gasteiger partial charge in [-0.05, 0) is 42.6 Å². The fourth-order valence-electron chi connectivity index (χ4n) is 2.35. The molecule has 0 unspecified atom stereocenters. The predicted molar refractivity (Wildman–Crippen MR) is 92.8 cm³/mol. The van der Waals surface area contributed by atoms with Crippen molar-refractivity contribution < 1.29 is 0 Å². The molecular weight excluding hydrogens is 276 g/mol. The molecule has 1 N–H and O–H groups in total. The number of nitrogens with one attached hydrogen (secondary N) is 1. The molecule has 3 heteroatoms. The third kappa shape index (κ3) is 6.00. The van der Waals surface area contributed by atoms with Gasteiger partial charge < -0.3 is 5.32 Å². The van der Waals surface area contributed by atoms with E-state index in [9.17, 15) is 0 Å². The lowest BCUT2D eigenvalue weighted by Gasteiger charge is -2.16. The van der Waals surface area contributed by atoms with Crippen LogP contribution in [-0.2, 0) is 19.5 Å². The van der Waals surface area contributed by atoms with E-state index in [2.05, 4.69) is 72.9 Å². The number of thiophene rings is 1. The molecule has 1 aromatic carbocycles. The zero-order chi connectivity index (χ0) is 15.1. The van der Waals surface area contributed by atoms with Crippen LogP contribution >= 0.6 is 11.3 Å². The summed E-state index contributed by atoms with van der Waals surface area (Å²) in [5.74, 6) is 0. The van der Waals surface area contributed by atoms with Crippen molar-refractivity contribution in [1.82, 2.24) is 10.2 Å². The van der Waals surface area contributed by atoms with E-state index in [0.29, 0.717) is 6.04 Å². The minimum atomic E-state index is 0.565. The SMILES string of the molecule is CC(C)NCCc1ccc(CN(C)Cc2cccs2)cc1. The van der Waals surface area contributed by atoms with E-state index in [1.165, 1.54) is 16.0 Å². The average Bonchev–Trinajstić information content (AvgIpc) is 2.93. The summed E-state index contributed by atoms with van der Waals surface area (Å²) in [6, 6.07) is 13.9. The highest BCUT2D eigenvalue weighted by Crippen LogP contribution is 2.13. The topological polar surface area (TPSA) is 15.3 Å². The monoisotopic (exact) mass is 302 g/mol. The highest BCUT2D eigenvalue weighted by atomic mass is 32.1. The largest absolute Gasteiger partial charge is 0.314 e. The zero-order valence-corrected chi connectivity index (χ0v) is 14.1. The van der Waals surface area contributed by atoms with Crippen LogP contribution < -0.4 is 5.32 Å². The zero-order valence-electron chi connectivity index (χ0n) is 13.3. The van der Waals surface area contributed by atoms with Crippen LogP contribution in [0.2, 0.25) is 0 Å². The summed E-state index contributed by atoms with van der Waals surface area (Å²) in [5.41, 5.74) is 2.79. The van der Waals surface area contributed by atoms with Gasteiger partial charge in [-0.25, -0.2) is 0 Å². The molecule has 0 amide bonds. The Labute approximate surface area is 132 Å².